The molecule has 2 nitrogen and oxygen atoms in total. The molecule has 0 aromatic heterocycles. The summed E-state index contributed by atoms with van der Waals surface area (Å²) in [5.41, 5.74) is 2.52. The van der Waals surface area contributed by atoms with Gasteiger partial charge < -0.3 is 10.2 Å². The van der Waals surface area contributed by atoms with E-state index < -0.39 is 5.82 Å². The largest absolute Gasteiger partial charge is 0.377 e. The molecule has 0 fully saturated rings. The van der Waals surface area contributed by atoms with Gasteiger partial charge in [-0.15, -0.1) is 0 Å². The van der Waals surface area contributed by atoms with Gasteiger partial charge in [-0.05, 0) is 43.7 Å². The van der Waals surface area contributed by atoms with Crippen molar-refractivity contribution in [1.82, 2.24) is 0 Å². The van der Waals surface area contributed by atoms with Gasteiger partial charge in [0.25, 0.3) is 0 Å². The van der Waals surface area contributed by atoms with E-state index in [9.17, 15) is 8.78 Å². The summed E-state index contributed by atoms with van der Waals surface area (Å²) < 4.78 is 27.7. The smallest absolute Gasteiger partial charge is 0.128 e. The Hall–Kier alpha value is -2.10. The summed E-state index contributed by atoms with van der Waals surface area (Å²) >= 11 is 0. The second-order valence-corrected chi connectivity index (χ2v) is 5.40. The average Bonchev–Trinajstić information content (AvgIpc) is 2.43. The topological polar surface area (TPSA) is 15.3 Å². The summed E-state index contributed by atoms with van der Waals surface area (Å²) in [7, 11) is 3.88. The molecule has 0 heterocycles. The molecule has 2 rings (SSSR count). The molecule has 2 aromatic carbocycles. The van der Waals surface area contributed by atoms with Crippen LogP contribution < -0.4 is 10.2 Å². The van der Waals surface area contributed by atoms with Gasteiger partial charge in [-0.2, -0.15) is 0 Å². The van der Waals surface area contributed by atoms with Crippen molar-refractivity contribution in [2.75, 3.05) is 24.3 Å². The lowest BCUT2D eigenvalue weighted by Crippen LogP contribution is -2.15. The summed E-state index contributed by atoms with van der Waals surface area (Å²) in [6, 6.07) is 9.92. The molecule has 0 aliphatic heterocycles. The Kier molecular flexibility index (Phi) is 4.46. The van der Waals surface area contributed by atoms with Crippen molar-refractivity contribution >= 4 is 11.4 Å². The molecule has 2 aromatic rings. The highest BCUT2D eigenvalue weighted by Crippen LogP contribution is 2.29. The van der Waals surface area contributed by atoms with Crippen LogP contribution in [0.25, 0.3) is 0 Å². The lowest BCUT2D eigenvalue weighted by atomic mass is 10.0. The maximum atomic E-state index is 14.0. The molecule has 21 heavy (non-hydrogen) atoms. The second kappa shape index (κ2) is 6.12. The van der Waals surface area contributed by atoms with E-state index in [0.717, 1.165) is 11.4 Å². The van der Waals surface area contributed by atoms with E-state index >= 15 is 0 Å². The fraction of sp³-hybridized carbons (Fsp3) is 0.294. The van der Waals surface area contributed by atoms with E-state index in [1.165, 1.54) is 12.1 Å². The third-order valence-corrected chi connectivity index (χ3v) is 3.50. The van der Waals surface area contributed by atoms with Gasteiger partial charge in [0.05, 0.1) is 17.4 Å². The van der Waals surface area contributed by atoms with Crippen LogP contribution in [0.15, 0.2) is 36.4 Å². The Bertz CT molecular complexity index is 639. The predicted molar refractivity (Wildman–Crippen MR) is 83.9 cm³/mol. The highest BCUT2D eigenvalue weighted by atomic mass is 19.1. The zero-order valence-electron chi connectivity index (χ0n) is 12.7. The van der Waals surface area contributed by atoms with Crippen molar-refractivity contribution in [3.63, 3.8) is 0 Å². The highest BCUT2D eigenvalue weighted by Gasteiger charge is 2.15. The van der Waals surface area contributed by atoms with Crippen LogP contribution in [0.2, 0.25) is 0 Å². The number of hydrogen-bond acceptors (Lipinski definition) is 2. The number of benzene rings is 2. The van der Waals surface area contributed by atoms with Crippen molar-refractivity contribution in [3.8, 4) is 0 Å². The molecule has 0 spiro atoms. The third-order valence-electron chi connectivity index (χ3n) is 3.50. The van der Waals surface area contributed by atoms with E-state index in [0.29, 0.717) is 11.1 Å². The van der Waals surface area contributed by atoms with Crippen LogP contribution in [-0.2, 0) is 0 Å². The molecule has 0 saturated carbocycles. The van der Waals surface area contributed by atoms with Gasteiger partial charge in [-0.3, -0.25) is 0 Å². The first-order valence-corrected chi connectivity index (χ1v) is 6.88. The van der Waals surface area contributed by atoms with Crippen molar-refractivity contribution in [2.45, 2.75) is 19.9 Å². The van der Waals surface area contributed by atoms with Gasteiger partial charge in [0.1, 0.15) is 11.6 Å². The Balaban J connectivity index is 2.30. The predicted octanol–water partition coefficient (Wildman–Crippen LogP) is 4.51. The van der Waals surface area contributed by atoms with Gasteiger partial charge in [-0.25, -0.2) is 8.78 Å². The molecule has 1 atom stereocenters. The van der Waals surface area contributed by atoms with Crippen molar-refractivity contribution in [1.29, 1.82) is 0 Å². The standard InChI is InChI=1S/C17H20F2N2/c1-11-9-15(19)13(10-14(11)18)12(2)20-16-7-5-6-8-17(16)21(3)4/h5-10,12,20H,1-4H3. The molecule has 0 bridgehead atoms. The summed E-state index contributed by atoms with van der Waals surface area (Å²) in [6.07, 6.45) is 0. The lowest BCUT2D eigenvalue weighted by molar-refractivity contribution is 0.571. The maximum absolute atomic E-state index is 14.0. The first-order valence-electron chi connectivity index (χ1n) is 6.88. The van der Waals surface area contributed by atoms with E-state index in [4.69, 9.17) is 0 Å². The van der Waals surface area contributed by atoms with E-state index in [-0.39, 0.29) is 11.9 Å². The minimum atomic E-state index is -0.392. The van der Waals surface area contributed by atoms with E-state index in [2.05, 4.69) is 5.32 Å². The Morgan fingerprint density at radius 2 is 1.71 bits per heavy atom. The van der Waals surface area contributed by atoms with Gasteiger partial charge in [-0.1, -0.05) is 12.1 Å². The molecule has 1 N–H and O–H groups in total. The van der Waals surface area contributed by atoms with Gasteiger partial charge in [0, 0.05) is 19.7 Å². The molecule has 0 saturated heterocycles. The van der Waals surface area contributed by atoms with Crippen LogP contribution in [-0.4, -0.2) is 14.1 Å². The maximum Gasteiger partial charge on any atom is 0.128 e. The van der Waals surface area contributed by atoms with Crippen LogP contribution in [0.1, 0.15) is 24.1 Å². The van der Waals surface area contributed by atoms with E-state index in [1.807, 2.05) is 50.2 Å². The summed E-state index contributed by atoms with van der Waals surface area (Å²) in [6.45, 7) is 3.38. The number of aryl methyl sites for hydroxylation is 1. The molecular formula is C17H20F2N2. The fourth-order valence-corrected chi connectivity index (χ4v) is 2.29. The third kappa shape index (κ3) is 3.32. The highest BCUT2D eigenvalue weighted by molar-refractivity contribution is 5.69. The number of hydrogen-bond donors (Lipinski definition) is 1. The number of para-hydroxylation sites is 2. The molecule has 1 unspecified atom stereocenters. The number of anilines is 2. The summed E-state index contributed by atoms with van der Waals surface area (Å²) in [5.74, 6) is -0.780. The minimum Gasteiger partial charge on any atom is -0.377 e. The van der Waals surface area contributed by atoms with Crippen molar-refractivity contribution in [2.24, 2.45) is 0 Å². The Morgan fingerprint density at radius 1 is 1.05 bits per heavy atom. The molecule has 0 amide bonds. The SMILES string of the molecule is Cc1cc(F)c(C(C)Nc2ccccc2N(C)C)cc1F. The van der Waals surface area contributed by atoms with Crippen LogP contribution in [0.3, 0.4) is 0 Å². The molecule has 112 valence electrons. The van der Waals surface area contributed by atoms with Gasteiger partial charge in [0.15, 0.2) is 0 Å². The number of halogens is 2. The molecule has 4 heteroatoms. The summed E-state index contributed by atoms with van der Waals surface area (Å²) in [4.78, 5) is 1.97. The molecule has 0 aliphatic carbocycles. The number of nitrogens with one attached hydrogen (secondary N) is 1. The normalized spacial score (nSPS) is 12.1. The Morgan fingerprint density at radius 3 is 2.38 bits per heavy atom. The average molecular weight is 290 g/mol. The van der Waals surface area contributed by atoms with Crippen LogP contribution >= 0.6 is 0 Å². The van der Waals surface area contributed by atoms with Crippen LogP contribution in [0, 0.1) is 18.6 Å². The van der Waals surface area contributed by atoms with Gasteiger partial charge >= 0.3 is 0 Å². The number of nitrogens with zero attached hydrogens (tertiary/aromatic N) is 1. The zero-order valence-corrected chi connectivity index (χ0v) is 12.7. The van der Waals surface area contributed by atoms with Crippen molar-refractivity contribution in [3.05, 3.63) is 59.2 Å². The van der Waals surface area contributed by atoms with Crippen molar-refractivity contribution < 1.29 is 8.78 Å². The fourth-order valence-electron chi connectivity index (χ4n) is 2.29. The lowest BCUT2D eigenvalue weighted by Gasteiger charge is -2.22. The van der Waals surface area contributed by atoms with Crippen LogP contribution in [0.5, 0.6) is 0 Å². The molecular weight excluding hydrogens is 270 g/mol. The zero-order chi connectivity index (χ0) is 15.6. The molecule has 0 aliphatic rings. The van der Waals surface area contributed by atoms with E-state index in [1.54, 1.807) is 6.92 Å². The second-order valence-electron chi connectivity index (χ2n) is 5.40. The monoisotopic (exact) mass is 290 g/mol. The minimum absolute atomic E-state index is 0.317. The first-order chi connectivity index (χ1) is 9.90. The Labute approximate surface area is 124 Å². The number of rotatable bonds is 4. The molecule has 0 radical (unpaired) electrons. The quantitative estimate of drug-likeness (QED) is 0.891. The summed E-state index contributed by atoms with van der Waals surface area (Å²) in [5, 5.41) is 3.25. The van der Waals surface area contributed by atoms with Gasteiger partial charge in [0.2, 0.25) is 0 Å². The van der Waals surface area contributed by atoms with Crippen LogP contribution in [0.4, 0.5) is 20.2 Å². The first kappa shape index (κ1) is 15.3.